The first kappa shape index (κ1) is 12.6. The minimum atomic E-state index is -2.56. The SMILES string of the molecule is CC(Cl)C(=O)c1ccc(C(F)F)c(Br)c1. The van der Waals surface area contributed by atoms with Crippen LogP contribution in [0.2, 0.25) is 0 Å². The van der Waals surface area contributed by atoms with Gasteiger partial charge in [-0.25, -0.2) is 8.78 Å². The second-order valence-corrected chi connectivity index (χ2v) is 4.53. The summed E-state index contributed by atoms with van der Waals surface area (Å²) in [6.45, 7) is 1.54. The van der Waals surface area contributed by atoms with Crippen molar-refractivity contribution in [1.29, 1.82) is 0 Å². The van der Waals surface area contributed by atoms with Gasteiger partial charge in [0.25, 0.3) is 6.43 Å². The van der Waals surface area contributed by atoms with Gasteiger partial charge in [0.2, 0.25) is 0 Å². The molecule has 0 fully saturated rings. The van der Waals surface area contributed by atoms with Gasteiger partial charge in [-0.2, -0.15) is 0 Å². The molecule has 1 nitrogen and oxygen atoms in total. The molecule has 0 bridgehead atoms. The molecule has 0 radical (unpaired) electrons. The minimum Gasteiger partial charge on any atom is -0.293 e. The van der Waals surface area contributed by atoms with Crippen LogP contribution >= 0.6 is 27.5 Å². The summed E-state index contributed by atoms with van der Waals surface area (Å²) in [6.07, 6.45) is -2.56. The zero-order chi connectivity index (χ0) is 11.6. The van der Waals surface area contributed by atoms with Gasteiger partial charge in [-0.3, -0.25) is 4.79 Å². The van der Waals surface area contributed by atoms with Crippen LogP contribution in [-0.2, 0) is 0 Å². The second-order valence-electron chi connectivity index (χ2n) is 3.02. The fourth-order valence-corrected chi connectivity index (χ4v) is 1.76. The molecule has 0 heterocycles. The molecule has 0 aromatic heterocycles. The summed E-state index contributed by atoms with van der Waals surface area (Å²) in [5.74, 6) is -0.279. The molecule has 0 saturated heterocycles. The van der Waals surface area contributed by atoms with E-state index in [-0.39, 0.29) is 15.8 Å². The molecule has 0 N–H and O–H groups in total. The summed E-state index contributed by atoms with van der Waals surface area (Å²) in [6, 6.07) is 3.94. The van der Waals surface area contributed by atoms with Crippen LogP contribution in [0, 0.1) is 0 Å². The van der Waals surface area contributed by atoms with Crippen molar-refractivity contribution in [2.75, 3.05) is 0 Å². The number of hydrogen-bond acceptors (Lipinski definition) is 1. The Morgan fingerprint density at radius 2 is 2.07 bits per heavy atom. The van der Waals surface area contributed by atoms with E-state index in [1.165, 1.54) is 18.2 Å². The number of carbonyl (C=O) groups excluding carboxylic acids is 1. The van der Waals surface area contributed by atoms with E-state index in [1.807, 2.05) is 0 Å². The molecule has 1 rings (SSSR count). The Morgan fingerprint density at radius 3 is 2.47 bits per heavy atom. The topological polar surface area (TPSA) is 17.1 Å². The smallest absolute Gasteiger partial charge is 0.264 e. The lowest BCUT2D eigenvalue weighted by molar-refractivity contribution is 0.0991. The maximum Gasteiger partial charge on any atom is 0.264 e. The van der Waals surface area contributed by atoms with E-state index in [9.17, 15) is 13.6 Å². The maximum atomic E-state index is 12.4. The third kappa shape index (κ3) is 2.98. The normalized spacial score (nSPS) is 12.9. The molecule has 0 aliphatic carbocycles. The molecular weight excluding hydrogens is 289 g/mol. The third-order valence-corrected chi connectivity index (χ3v) is 2.77. The zero-order valence-electron chi connectivity index (χ0n) is 7.81. The van der Waals surface area contributed by atoms with E-state index in [1.54, 1.807) is 6.92 Å². The van der Waals surface area contributed by atoms with Gasteiger partial charge in [-0.1, -0.05) is 28.1 Å². The number of Topliss-reactive ketones (excluding diaryl/α,β-unsaturated/α-hetero) is 1. The van der Waals surface area contributed by atoms with Gasteiger partial charge in [0.15, 0.2) is 5.78 Å². The van der Waals surface area contributed by atoms with Gasteiger partial charge in [0, 0.05) is 15.6 Å². The molecule has 5 heteroatoms. The lowest BCUT2D eigenvalue weighted by Crippen LogP contribution is -2.10. The standard InChI is InChI=1S/C10H8BrClF2O/c1-5(12)9(15)6-2-3-7(10(13)14)8(11)4-6/h2-5,10H,1H3. The van der Waals surface area contributed by atoms with E-state index >= 15 is 0 Å². The van der Waals surface area contributed by atoms with Crippen LogP contribution in [0.5, 0.6) is 0 Å². The zero-order valence-corrected chi connectivity index (χ0v) is 10.1. The van der Waals surface area contributed by atoms with Crippen LogP contribution < -0.4 is 0 Å². The molecule has 82 valence electrons. The number of ketones is 1. The Morgan fingerprint density at radius 1 is 1.47 bits per heavy atom. The van der Waals surface area contributed by atoms with Crippen molar-refractivity contribution in [3.05, 3.63) is 33.8 Å². The van der Waals surface area contributed by atoms with Crippen LogP contribution in [0.1, 0.15) is 29.3 Å². The van der Waals surface area contributed by atoms with Crippen LogP contribution in [0.3, 0.4) is 0 Å². The average molecular weight is 298 g/mol. The summed E-state index contributed by atoms with van der Waals surface area (Å²) in [5.41, 5.74) is 0.197. The summed E-state index contributed by atoms with van der Waals surface area (Å²) in [7, 11) is 0. The maximum absolute atomic E-state index is 12.4. The quantitative estimate of drug-likeness (QED) is 0.604. The molecule has 0 aliphatic rings. The molecule has 0 saturated carbocycles. The molecule has 1 aromatic carbocycles. The third-order valence-electron chi connectivity index (χ3n) is 1.88. The summed E-state index contributed by atoms with van der Waals surface area (Å²) >= 11 is 8.59. The lowest BCUT2D eigenvalue weighted by Gasteiger charge is -2.06. The molecule has 1 atom stereocenters. The van der Waals surface area contributed by atoms with Gasteiger partial charge in [0.05, 0.1) is 5.38 Å². The van der Waals surface area contributed by atoms with Gasteiger partial charge >= 0.3 is 0 Å². The molecular formula is C10H8BrClF2O. The Bertz CT molecular complexity index is 380. The van der Waals surface area contributed by atoms with Crippen molar-refractivity contribution in [1.82, 2.24) is 0 Å². The van der Waals surface area contributed by atoms with Crippen LogP contribution in [-0.4, -0.2) is 11.2 Å². The highest BCUT2D eigenvalue weighted by atomic mass is 79.9. The largest absolute Gasteiger partial charge is 0.293 e. The summed E-state index contributed by atoms with van der Waals surface area (Å²) in [5, 5.41) is -0.658. The number of hydrogen-bond donors (Lipinski definition) is 0. The van der Waals surface area contributed by atoms with Crippen LogP contribution in [0.15, 0.2) is 22.7 Å². The van der Waals surface area contributed by atoms with Crippen molar-refractivity contribution in [2.24, 2.45) is 0 Å². The molecule has 1 unspecified atom stereocenters. The van der Waals surface area contributed by atoms with Gasteiger partial charge < -0.3 is 0 Å². The highest BCUT2D eigenvalue weighted by Gasteiger charge is 2.16. The molecule has 0 aliphatic heterocycles. The predicted molar refractivity (Wildman–Crippen MR) is 58.7 cm³/mol. The molecule has 0 spiro atoms. The average Bonchev–Trinajstić information content (AvgIpc) is 2.15. The number of benzene rings is 1. The first-order valence-electron chi connectivity index (χ1n) is 4.19. The van der Waals surface area contributed by atoms with E-state index in [0.717, 1.165) is 0 Å². The van der Waals surface area contributed by atoms with Crippen molar-refractivity contribution in [3.8, 4) is 0 Å². The van der Waals surface area contributed by atoms with Gasteiger partial charge in [-0.15, -0.1) is 11.6 Å². The van der Waals surface area contributed by atoms with E-state index < -0.39 is 11.8 Å². The Kier molecular flexibility index (Phi) is 4.22. The van der Waals surface area contributed by atoms with Crippen LogP contribution in [0.25, 0.3) is 0 Å². The lowest BCUT2D eigenvalue weighted by atomic mass is 10.1. The monoisotopic (exact) mass is 296 g/mol. The Balaban J connectivity index is 3.07. The fourth-order valence-electron chi connectivity index (χ4n) is 1.09. The first-order chi connectivity index (χ1) is 6.93. The fraction of sp³-hybridized carbons (Fsp3) is 0.300. The van der Waals surface area contributed by atoms with Crippen molar-refractivity contribution in [2.45, 2.75) is 18.7 Å². The van der Waals surface area contributed by atoms with E-state index in [2.05, 4.69) is 15.9 Å². The highest BCUT2D eigenvalue weighted by molar-refractivity contribution is 9.10. The minimum absolute atomic E-state index is 0.131. The van der Waals surface area contributed by atoms with Gasteiger partial charge in [-0.05, 0) is 13.0 Å². The van der Waals surface area contributed by atoms with Crippen molar-refractivity contribution < 1.29 is 13.6 Å². The van der Waals surface area contributed by atoms with Crippen molar-refractivity contribution in [3.63, 3.8) is 0 Å². The Labute approximate surface area is 99.6 Å². The number of halogens is 4. The number of alkyl halides is 3. The molecule has 15 heavy (non-hydrogen) atoms. The first-order valence-corrected chi connectivity index (χ1v) is 5.42. The van der Waals surface area contributed by atoms with Gasteiger partial charge in [0.1, 0.15) is 0 Å². The van der Waals surface area contributed by atoms with Crippen molar-refractivity contribution >= 4 is 33.3 Å². The molecule has 0 amide bonds. The number of carbonyl (C=O) groups is 1. The highest BCUT2D eigenvalue weighted by Crippen LogP contribution is 2.28. The van der Waals surface area contributed by atoms with E-state index in [4.69, 9.17) is 11.6 Å². The second kappa shape index (κ2) is 5.03. The Hall–Kier alpha value is -0.480. The summed E-state index contributed by atoms with van der Waals surface area (Å²) in [4.78, 5) is 11.4. The molecule has 1 aromatic rings. The van der Waals surface area contributed by atoms with Crippen LogP contribution in [0.4, 0.5) is 8.78 Å². The summed E-state index contributed by atoms with van der Waals surface area (Å²) < 4.78 is 25.0. The number of rotatable bonds is 3. The predicted octanol–water partition coefficient (Wildman–Crippen LogP) is 4.20. The van der Waals surface area contributed by atoms with E-state index in [0.29, 0.717) is 5.56 Å².